The Hall–Kier alpha value is -1.55. The lowest BCUT2D eigenvalue weighted by Gasteiger charge is -2.13. The van der Waals surface area contributed by atoms with E-state index >= 15 is 0 Å². The number of carbonyl (C=O) groups is 1. The van der Waals surface area contributed by atoms with Gasteiger partial charge in [-0.2, -0.15) is 0 Å². The summed E-state index contributed by atoms with van der Waals surface area (Å²) in [6.07, 6.45) is 0. The minimum absolute atomic E-state index is 0.0171. The van der Waals surface area contributed by atoms with Crippen molar-refractivity contribution in [2.24, 2.45) is 0 Å². The highest BCUT2D eigenvalue weighted by molar-refractivity contribution is 5.99. The molecule has 1 aromatic rings. The Labute approximate surface area is 109 Å². The maximum Gasteiger partial charge on any atom is 0.253 e. The van der Waals surface area contributed by atoms with Crippen molar-refractivity contribution in [3.05, 3.63) is 29.3 Å². The van der Waals surface area contributed by atoms with Gasteiger partial charge < -0.3 is 15.5 Å². The molecule has 1 amide bonds. The number of hydrogen-bond acceptors (Lipinski definition) is 3. The second-order valence-electron chi connectivity index (χ2n) is 4.64. The monoisotopic (exact) mass is 249 g/mol. The lowest BCUT2D eigenvalue weighted by molar-refractivity contribution is 0.0952. The first-order chi connectivity index (χ1) is 8.54. The number of aryl methyl sites for hydroxylation is 1. The Balaban J connectivity index is 2.73. The first kappa shape index (κ1) is 14.5. The van der Waals surface area contributed by atoms with Gasteiger partial charge in [-0.25, -0.2) is 0 Å². The first-order valence-corrected chi connectivity index (χ1v) is 6.32. The molecule has 1 aromatic carbocycles. The van der Waals surface area contributed by atoms with Crippen LogP contribution in [-0.4, -0.2) is 44.5 Å². The predicted molar refractivity (Wildman–Crippen MR) is 76.2 cm³/mol. The van der Waals surface area contributed by atoms with E-state index in [1.54, 1.807) is 0 Å². The summed E-state index contributed by atoms with van der Waals surface area (Å²) in [5.74, 6) is -0.0171. The zero-order valence-corrected chi connectivity index (χ0v) is 11.7. The van der Waals surface area contributed by atoms with Crippen LogP contribution in [0.15, 0.2) is 18.2 Å². The smallest absolute Gasteiger partial charge is 0.253 e. The number of benzene rings is 1. The molecule has 0 fully saturated rings. The molecule has 0 atom stereocenters. The van der Waals surface area contributed by atoms with E-state index in [0.29, 0.717) is 6.54 Å². The summed E-state index contributed by atoms with van der Waals surface area (Å²) in [5, 5.41) is 6.15. The van der Waals surface area contributed by atoms with Crippen LogP contribution in [0.2, 0.25) is 0 Å². The molecule has 0 aliphatic carbocycles. The Morgan fingerprint density at radius 2 is 2.06 bits per heavy atom. The van der Waals surface area contributed by atoms with Gasteiger partial charge in [-0.15, -0.1) is 0 Å². The van der Waals surface area contributed by atoms with Crippen LogP contribution >= 0.6 is 0 Å². The van der Waals surface area contributed by atoms with Gasteiger partial charge in [0.25, 0.3) is 5.91 Å². The normalized spacial score (nSPS) is 10.5. The fraction of sp³-hybridized carbons (Fsp3) is 0.500. The molecule has 2 N–H and O–H groups in total. The van der Waals surface area contributed by atoms with Gasteiger partial charge in [-0.3, -0.25) is 4.79 Å². The topological polar surface area (TPSA) is 44.4 Å². The summed E-state index contributed by atoms with van der Waals surface area (Å²) in [6.45, 7) is 6.32. The third-order valence-corrected chi connectivity index (χ3v) is 2.63. The molecular formula is C14H23N3O. The summed E-state index contributed by atoms with van der Waals surface area (Å²) in [5.41, 5.74) is 2.70. The number of nitrogens with zero attached hydrogens (tertiary/aromatic N) is 1. The van der Waals surface area contributed by atoms with Gasteiger partial charge in [0.15, 0.2) is 0 Å². The number of carbonyl (C=O) groups excluding carboxylic acids is 1. The van der Waals surface area contributed by atoms with Crippen molar-refractivity contribution in [3.63, 3.8) is 0 Å². The van der Waals surface area contributed by atoms with Crippen LogP contribution in [0, 0.1) is 6.92 Å². The third kappa shape index (κ3) is 4.37. The number of hydrogen-bond donors (Lipinski definition) is 2. The van der Waals surface area contributed by atoms with E-state index < -0.39 is 0 Å². The molecule has 0 unspecified atom stereocenters. The van der Waals surface area contributed by atoms with Crippen LogP contribution in [0.5, 0.6) is 0 Å². The van der Waals surface area contributed by atoms with Gasteiger partial charge in [0.1, 0.15) is 0 Å². The zero-order chi connectivity index (χ0) is 13.5. The van der Waals surface area contributed by atoms with Crippen molar-refractivity contribution >= 4 is 11.6 Å². The maximum atomic E-state index is 12.1. The summed E-state index contributed by atoms with van der Waals surface area (Å²) in [7, 11) is 3.98. The van der Waals surface area contributed by atoms with E-state index in [1.807, 2.05) is 51.0 Å². The van der Waals surface area contributed by atoms with Crippen molar-refractivity contribution in [2.75, 3.05) is 39.0 Å². The lowest BCUT2D eigenvalue weighted by atomic mass is 10.1. The summed E-state index contributed by atoms with van der Waals surface area (Å²) < 4.78 is 0. The second-order valence-corrected chi connectivity index (χ2v) is 4.64. The van der Waals surface area contributed by atoms with E-state index in [2.05, 4.69) is 10.6 Å². The fourth-order valence-electron chi connectivity index (χ4n) is 1.68. The molecule has 100 valence electrons. The van der Waals surface area contributed by atoms with E-state index in [4.69, 9.17) is 0 Å². The van der Waals surface area contributed by atoms with Gasteiger partial charge in [-0.05, 0) is 40.1 Å². The number of nitrogens with one attached hydrogen (secondary N) is 2. The van der Waals surface area contributed by atoms with E-state index in [9.17, 15) is 4.79 Å². The van der Waals surface area contributed by atoms with Gasteiger partial charge in [0, 0.05) is 25.3 Å². The van der Waals surface area contributed by atoms with E-state index in [-0.39, 0.29) is 5.91 Å². The molecule has 18 heavy (non-hydrogen) atoms. The van der Waals surface area contributed by atoms with Crippen molar-refractivity contribution in [1.29, 1.82) is 0 Å². The molecule has 0 aliphatic rings. The molecule has 0 aromatic heterocycles. The van der Waals surface area contributed by atoms with E-state index in [0.717, 1.165) is 29.9 Å². The van der Waals surface area contributed by atoms with Crippen LogP contribution in [-0.2, 0) is 0 Å². The van der Waals surface area contributed by atoms with Gasteiger partial charge in [0.05, 0.1) is 5.56 Å². The molecular weight excluding hydrogens is 226 g/mol. The van der Waals surface area contributed by atoms with Crippen molar-refractivity contribution in [3.8, 4) is 0 Å². The summed E-state index contributed by atoms with van der Waals surface area (Å²) in [4.78, 5) is 14.1. The molecule has 1 rings (SSSR count). The van der Waals surface area contributed by atoms with Crippen molar-refractivity contribution in [2.45, 2.75) is 13.8 Å². The van der Waals surface area contributed by atoms with Crippen LogP contribution in [0.1, 0.15) is 22.8 Å². The number of likely N-dealkylation sites (N-methyl/N-ethyl adjacent to an activating group) is 1. The average Bonchev–Trinajstić information content (AvgIpc) is 2.31. The number of rotatable bonds is 6. The van der Waals surface area contributed by atoms with Crippen molar-refractivity contribution < 1.29 is 4.79 Å². The van der Waals surface area contributed by atoms with Gasteiger partial charge in [-0.1, -0.05) is 11.6 Å². The summed E-state index contributed by atoms with van der Waals surface area (Å²) in [6, 6.07) is 5.89. The van der Waals surface area contributed by atoms with Gasteiger partial charge >= 0.3 is 0 Å². The minimum atomic E-state index is -0.0171. The van der Waals surface area contributed by atoms with Crippen LogP contribution < -0.4 is 10.6 Å². The molecule has 0 radical (unpaired) electrons. The standard InChI is InChI=1S/C14H23N3O/c1-5-15-13-7-6-11(2)10-12(13)14(18)16-8-9-17(3)4/h6-7,10,15H,5,8-9H2,1-4H3,(H,16,18). The SMILES string of the molecule is CCNc1ccc(C)cc1C(=O)NCCN(C)C. The maximum absolute atomic E-state index is 12.1. The van der Waals surface area contributed by atoms with Gasteiger partial charge in [0.2, 0.25) is 0 Å². The zero-order valence-electron chi connectivity index (χ0n) is 11.7. The molecule has 0 heterocycles. The molecule has 0 aliphatic heterocycles. The van der Waals surface area contributed by atoms with Crippen LogP contribution in [0.25, 0.3) is 0 Å². The minimum Gasteiger partial charge on any atom is -0.385 e. The molecule has 0 spiro atoms. The Morgan fingerprint density at radius 1 is 1.33 bits per heavy atom. The average molecular weight is 249 g/mol. The molecule has 0 saturated heterocycles. The third-order valence-electron chi connectivity index (χ3n) is 2.63. The second kappa shape index (κ2) is 7.01. The predicted octanol–water partition coefficient (Wildman–Crippen LogP) is 1.72. The molecule has 0 bridgehead atoms. The quantitative estimate of drug-likeness (QED) is 0.807. The highest BCUT2D eigenvalue weighted by Crippen LogP contribution is 2.17. The highest BCUT2D eigenvalue weighted by Gasteiger charge is 2.10. The first-order valence-electron chi connectivity index (χ1n) is 6.32. The fourth-order valence-corrected chi connectivity index (χ4v) is 1.68. The highest BCUT2D eigenvalue weighted by atomic mass is 16.1. The molecule has 0 saturated carbocycles. The molecule has 4 heteroatoms. The number of anilines is 1. The van der Waals surface area contributed by atoms with E-state index in [1.165, 1.54) is 0 Å². The van der Waals surface area contributed by atoms with Crippen molar-refractivity contribution in [1.82, 2.24) is 10.2 Å². The Kier molecular flexibility index (Phi) is 5.65. The Bertz CT molecular complexity index is 402. The molecule has 4 nitrogen and oxygen atoms in total. The Morgan fingerprint density at radius 3 is 2.67 bits per heavy atom. The van der Waals surface area contributed by atoms with Crippen LogP contribution in [0.3, 0.4) is 0 Å². The largest absolute Gasteiger partial charge is 0.385 e. The summed E-state index contributed by atoms with van der Waals surface area (Å²) >= 11 is 0. The van der Waals surface area contributed by atoms with Crippen LogP contribution in [0.4, 0.5) is 5.69 Å². The number of amides is 1. The lowest BCUT2D eigenvalue weighted by Crippen LogP contribution is -2.31.